The molecule has 1 aliphatic rings. The van der Waals surface area contributed by atoms with E-state index < -0.39 is 4.92 Å². The van der Waals surface area contributed by atoms with Gasteiger partial charge in [0.1, 0.15) is 6.33 Å². The number of para-hydroxylation sites is 1. The highest BCUT2D eigenvalue weighted by Gasteiger charge is 2.30. The second-order valence-electron chi connectivity index (χ2n) is 7.74. The molecule has 9 nitrogen and oxygen atoms in total. The van der Waals surface area contributed by atoms with E-state index in [1.165, 1.54) is 6.33 Å². The predicted octanol–water partition coefficient (Wildman–Crippen LogP) is 6.63. The van der Waals surface area contributed by atoms with Crippen LogP contribution in [0.5, 0.6) is 0 Å². The number of benzene rings is 3. The van der Waals surface area contributed by atoms with Gasteiger partial charge in [0.2, 0.25) is 11.6 Å². The summed E-state index contributed by atoms with van der Waals surface area (Å²) in [7, 11) is 0. The van der Waals surface area contributed by atoms with Gasteiger partial charge in [-0.05, 0) is 60.9 Å². The number of aromatic nitrogens is 2. The molecule has 1 aromatic heterocycles. The third-order valence-corrected chi connectivity index (χ3v) is 5.52. The lowest BCUT2D eigenvalue weighted by Gasteiger charge is -2.30. The summed E-state index contributed by atoms with van der Waals surface area (Å²) in [6.45, 7) is 0.648. The van der Waals surface area contributed by atoms with E-state index in [9.17, 15) is 10.1 Å². The number of anilines is 4. The highest BCUT2D eigenvalue weighted by Crippen LogP contribution is 2.40. The number of nitro groups is 1. The zero-order valence-electron chi connectivity index (χ0n) is 18.2. The average molecular weight is 451 g/mol. The fraction of sp³-hybridized carbons (Fsp3) is 0.120. The molecule has 0 unspecified atom stereocenters. The molecule has 0 saturated carbocycles. The molecule has 0 radical (unpaired) electrons. The highest BCUT2D eigenvalue weighted by molar-refractivity contribution is 5.79. The number of hydrogen-bond donors (Lipinski definition) is 1. The zero-order chi connectivity index (χ0) is 23.3. The Kier molecular flexibility index (Phi) is 5.89. The molecule has 34 heavy (non-hydrogen) atoms. The standard InChI is InChI=1S/C25H21N7O2/c33-32(34)23-24(26-17-27-25(23)31-16-6-8-18-7-4-5-11-22(18)31)28-19-12-14-21(15-13-19)30-29-20-9-2-1-3-10-20/h1-5,7,9-15,17H,6,8,16H2,(H,26,27,28). The van der Waals surface area contributed by atoms with Crippen LogP contribution in [0, 0.1) is 10.1 Å². The van der Waals surface area contributed by atoms with E-state index in [2.05, 4.69) is 25.5 Å². The van der Waals surface area contributed by atoms with E-state index in [-0.39, 0.29) is 17.3 Å². The summed E-state index contributed by atoms with van der Waals surface area (Å²) in [4.78, 5) is 22.0. The molecule has 0 amide bonds. The monoisotopic (exact) mass is 451 g/mol. The maximum Gasteiger partial charge on any atom is 0.354 e. The molecule has 168 valence electrons. The highest BCUT2D eigenvalue weighted by atomic mass is 16.6. The quantitative estimate of drug-likeness (QED) is 0.200. The molecule has 0 bridgehead atoms. The topological polar surface area (TPSA) is 109 Å². The van der Waals surface area contributed by atoms with Crippen LogP contribution in [0.4, 0.5) is 40.1 Å². The molecule has 0 spiro atoms. The van der Waals surface area contributed by atoms with Crippen LogP contribution >= 0.6 is 0 Å². The van der Waals surface area contributed by atoms with Crippen molar-refractivity contribution in [2.24, 2.45) is 10.2 Å². The van der Waals surface area contributed by atoms with Crippen molar-refractivity contribution in [2.75, 3.05) is 16.8 Å². The Morgan fingerprint density at radius 3 is 2.35 bits per heavy atom. The van der Waals surface area contributed by atoms with Crippen molar-refractivity contribution >= 4 is 40.1 Å². The summed E-state index contributed by atoms with van der Waals surface area (Å²) in [5.74, 6) is 0.416. The second-order valence-corrected chi connectivity index (χ2v) is 7.74. The molecule has 1 aliphatic heterocycles. The number of aryl methyl sites for hydroxylation is 1. The molecular formula is C25H21N7O2. The number of rotatable bonds is 6. The maximum absolute atomic E-state index is 12.1. The van der Waals surface area contributed by atoms with Crippen LogP contribution < -0.4 is 10.2 Å². The third-order valence-electron chi connectivity index (χ3n) is 5.52. The molecule has 2 heterocycles. The number of nitrogens with one attached hydrogen (secondary N) is 1. The molecule has 9 heteroatoms. The first kappa shape index (κ1) is 21.2. The first-order valence-corrected chi connectivity index (χ1v) is 10.9. The van der Waals surface area contributed by atoms with Crippen LogP contribution in [-0.4, -0.2) is 21.4 Å². The van der Waals surface area contributed by atoms with Crippen molar-refractivity contribution in [1.82, 2.24) is 9.97 Å². The summed E-state index contributed by atoms with van der Waals surface area (Å²) in [5, 5.41) is 23.6. The minimum Gasteiger partial charge on any atom is -0.334 e. The van der Waals surface area contributed by atoms with Crippen LogP contribution in [0.25, 0.3) is 0 Å². The van der Waals surface area contributed by atoms with Crippen molar-refractivity contribution in [2.45, 2.75) is 12.8 Å². The normalized spacial score (nSPS) is 13.0. The van der Waals surface area contributed by atoms with Gasteiger partial charge < -0.3 is 10.2 Å². The fourth-order valence-electron chi connectivity index (χ4n) is 3.94. The van der Waals surface area contributed by atoms with Crippen molar-refractivity contribution in [3.63, 3.8) is 0 Å². The van der Waals surface area contributed by atoms with Crippen molar-refractivity contribution in [3.8, 4) is 0 Å². The van der Waals surface area contributed by atoms with Gasteiger partial charge in [-0.15, -0.1) is 0 Å². The van der Waals surface area contributed by atoms with Crippen LogP contribution in [0.2, 0.25) is 0 Å². The Bertz CT molecular complexity index is 1340. The summed E-state index contributed by atoms with van der Waals surface area (Å²) in [5.41, 5.74) is 3.99. The zero-order valence-corrected chi connectivity index (χ0v) is 18.2. The maximum atomic E-state index is 12.1. The van der Waals surface area contributed by atoms with Crippen molar-refractivity contribution in [1.29, 1.82) is 0 Å². The summed E-state index contributed by atoms with van der Waals surface area (Å²) in [6, 6.07) is 24.5. The molecule has 5 rings (SSSR count). The first-order chi connectivity index (χ1) is 16.7. The summed E-state index contributed by atoms with van der Waals surface area (Å²) < 4.78 is 0. The van der Waals surface area contributed by atoms with Gasteiger partial charge in [-0.2, -0.15) is 10.2 Å². The molecule has 0 aliphatic carbocycles. The number of fused-ring (bicyclic) bond motifs is 1. The Hall–Kier alpha value is -4.66. The number of hydrogen-bond acceptors (Lipinski definition) is 8. The number of azo groups is 1. The minimum absolute atomic E-state index is 0.136. The van der Waals surface area contributed by atoms with Gasteiger partial charge in [0.25, 0.3) is 0 Å². The van der Waals surface area contributed by atoms with E-state index in [0.29, 0.717) is 17.9 Å². The van der Waals surface area contributed by atoms with E-state index in [1.54, 1.807) is 24.3 Å². The minimum atomic E-state index is -0.433. The lowest BCUT2D eigenvalue weighted by atomic mass is 10.0. The molecule has 3 aromatic carbocycles. The van der Waals surface area contributed by atoms with Gasteiger partial charge in [-0.3, -0.25) is 10.1 Å². The lowest BCUT2D eigenvalue weighted by Crippen LogP contribution is -2.26. The Morgan fingerprint density at radius 1 is 0.882 bits per heavy atom. The second kappa shape index (κ2) is 9.45. The average Bonchev–Trinajstić information content (AvgIpc) is 2.88. The Morgan fingerprint density at radius 2 is 1.59 bits per heavy atom. The molecule has 0 fully saturated rings. The predicted molar refractivity (Wildman–Crippen MR) is 131 cm³/mol. The van der Waals surface area contributed by atoms with E-state index in [1.807, 2.05) is 59.5 Å². The van der Waals surface area contributed by atoms with E-state index in [4.69, 9.17) is 0 Å². The van der Waals surface area contributed by atoms with Crippen molar-refractivity contribution in [3.05, 3.63) is 101 Å². The van der Waals surface area contributed by atoms with Gasteiger partial charge >= 0.3 is 5.69 Å². The lowest BCUT2D eigenvalue weighted by molar-refractivity contribution is -0.383. The van der Waals surface area contributed by atoms with Gasteiger partial charge in [0.15, 0.2) is 0 Å². The van der Waals surface area contributed by atoms with Crippen molar-refractivity contribution < 1.29 is 4.92 Å². The fourth-order valence-corrected chi connectivity index (χ4v) is 3.94. The van der Waals surface area contributed by atoms with Gasteiger partial charge in [0, 0.05) is 17.9 Å². The Balaban J connectivity index is 1.42. The van der Waals surface area contributed by atoms with Gasteiger partial charge in [-0.25, -0.2) is 9.97 Å². The van der Waals surface area contributed by atoms with Gasteiger partial charge in [-0.1, -0.05) is 36.4 Å². The molecule has 1 N–H and O–H groups in total. The smallest absolute Gasteiger partial charge is 0.334 e. The molecule has 4 aromatic rings. The largest absolute Gasteiger partial charge is 0.354 e. The summed E-state index contributed by atoms with van der Waals surface area (Å²) in [6.07, 6.45) is 3.18. The SMILES string of the molecule is O=[N+]([O-])c1c(Nc2ccc(N=Nc3ccccc3)cc2)ncnc1N1CCCc2ccccc21. The Labute approximate surface area is 196 Å². The van der Waals surface area contributed by atoms with Crippen LogP contribution in [-0.2, 0) is 6.42 Å². The van der Waals surface area contributed by atoms with Gasteiger partial charge in [0.05, 0.1) is 16.3 Å². The van der Waals surface area contributed by atoms with Crippen LogP contribution in [0.15, 0.2) is 95.4 Å². The molecule has 0 atom stereocenters. The number of nitrogens with zero attached hydrogens (tertiary/aromatic N) is 6. The van der Waals surface area contributed by atoms with Crippen LogP contribution in [0.3, 0.4) is 0 Å². The van der Waals surface area contributed by atoms with E-state index >= 15 is 0 Å². The van der Waals surface area contributed by atoms with E-state index in [0.717, 1.165) is 29.8 Å². The third kappa shape index (κ3) is 4.44. The summed E-state index contributed by atoms with van der Waals surface area (Å²) >= 11 is 0. The molecular weight excluding hydrogens is 430 g/mol. The molecule has 0 saturated heterocycles. The van der Waals surface area contributed by atoms with Crippen LogP contribution in [0.1, 0.15) is 12.0 Å². The first-order valence-electron chi connectivity index (χ1n) is 10.9.